The number of aromatic nitrogens is 2. The molecule has 3 aromatic rings. The Balaban J connectivity index is 1.59. The number of sulfonamides is 1. The molecule has 0 spiro atoms. The summed E-state index contributed by atoms with van der Waals surface area (Å²) >= 11 is 0. The van der Waals surface area contributed by atoms with Gasteiger partial charge in [-0.15, -0.1) is 0 Å². The average molecular weight is 355 g/mol. The number of rotatable bonds is 3. The van der Waals surface area contributed by atoms with Gasteiger partial charge >= 0.3 is 0 Å². The Labute approximate surface area is 147 Å². The molecule has 2 heterocycles. The van der Waals surface area contributed by atoms with Gasteiger partial charge in [0.05, 0.1) is 15.9 Å². The van der Waals surface area contributed by atoms with Gasteiger partial charge in [-0.25, -0.2) is 13.4 Å². The van der Waals surface area contributed by atoms with Crippen molar-refractivity contribution < 1.29 is 8.42 Å². The van der Waals surface area contributed by atoms with Gasteiger partial charge in [0.15, 0.2) is 0 Å². The number of hydrogen-bond acceptors (Lipinski definition) is 3. The zero-order valence-electron chi connectivity index (χ0n) is 14.6. The molecule has 1 aliphatic rings. The minimum atomic E-state index is -3.46. The highest BCUT2D eigenvalue weighted by Crippen LogP contribution is 2.34. The van der Waals surface area contributed by atoms with Crippen LogP contribution in [0.4, 0.5) is 0 Å². The zero-order chi connectivity index (χ0) is 17.8. The van der Waals surface area contributed by atoms with Gasteiger partial charge < -0.3 is 4.98 Å². The number of para-hydroxylation sites is 2. The minimum Gasteiger partial charge on any atom is -0.342 e. The molecule has 1 N–H and O–H groups in total. The van der Waals surface area contributed by atoms with Gasteiger partial charge in [-0.1, -0.05) is 29.8 Å². The number of imidazole rings is 1. The molecule has 0 radical (unpaired) electrons. The van der Waals surface area contributed by atoms with Crippen LogP contribution in [-0.2, 0) is 10.0 Å². The van der Waals surface area contributed by atoms with Gasteiger partial charge in [-0.2, -0.15) is 4.31 Å². The van der Waals surface area contributed by atoms with Gasteiger partial charge in [-0.3, -0.25) is 0 Å². The minimum absolute atomic E-state index is 0.119. The van der Waals surface area contributed by atoms with E-state index in [9.17, 15) is 8.42 Å². The van der Waals surface area contributed by atoms with Crippen LogP contribution >= 0.6 is 0 Å². The van der Waals surface area contributed by atoms with E-state index in [-0.39, 0.29) is 5.92 Å². The van der Waals surface area contributed by atoms with Crippen molar-refractivity contribution in [3.63, 3.8) is 0 Å². The Morgan fingerprint density at radius 2 is 1.72 bits per heavy atom. The van der Waals surface area contributed by atoms with Crippen molar-refractivity contribution in [3.8, 4) is 0 Å². The second-order valence-corrected chi connectivity index (χ2v) is 8.76. The first-order valence-electron chi connectivity index (χ1n) is 8.39. The molecule has 6 heteroatoms. The van der Waals surface area contributed by atoms with E-state index in [1.807, 2.05) is 57.2 Å². The molecule has 4 rings (SSSR count). The molecule has 25 heavy (non-hydrogen) atoms. The summed E-state index contributed by atoms with van der Waals surface area (Å²) in [5.74, 6) is 0.984. The molecule has 1 aromatic heterocycles. The van der Waals surface area contributed by atoms with Crippen molar-refractivity contribution in [1.29, 1.82) is 0 Å². The first-order chi connectivity index (χ1) is 11.9. The first-order valence-corrected chi connectivity index (χ1v) is 9.83. The Hall–Kier alpha value is -2.18. The van der Waals surface area contributed by atoms with E-state index in [4.69, 9.17) is 0 Å². The van der Waals surface area contributed by atoms with Crippen LogP contribution < -0.4 is 0 Å². The fraction of sp³-hybridized carbons (Fsp3) is 0.316. The van der Waals surface area contributed by atoms with Crippen LogP contribution in [0.5, 0.6) is 0 Å². The van der Waals surface area contributed by atoms with E-state index in [1.54, 1.807) is 4.31 Å². The number of fused-ring (bicyclic) bond motifs is 1. The van der Waals surface area contributed by atoms with Gasteiger partial charge in [0.2, 0.25) is 10.0 Å². The topological polar surface area (TPSA) is 66.1 Å². The highest BCUT2D eigenvalue weighted by Gasteiger charge is 2.40. The third kappa shape index (κ3) is 2.65. The van der Waals surface area contributed by atoms with Crippen LogP contribution in [-0.4, -0.2) is 35.8 Å². The van der Waals surface area contributed by atoms with Crippen LogP contribution in [0.2, 0.25) is 0 Å². The molecule has 130 valence electrons. The van der Waals surface area contributed by atoms with E-state index in [0.717, 1.165) is 33.5 Å². The summed E-state index contributed by atoms with van der Waals surface area (Å²) in [6.07, 6.45) is 0. The predicted molar refractivity (Wildman–Crippen MR) is 98.2 cm³/mol. The molecule has 0 amide bonds. The van der Waals surface area contributed by atoms with Crippen LogP contribution in [0.15, 0.2) is 41.3 Å². The molecule has 1 saturated heterocycles. The number of nitrogens with zero attached hydrogens (tertiary/aromatic N) is 2. The second kappa shape index (κ2) is 5.68. The fourth-order valence-corrected chi connectivity index (χ4v) is 5.62. The standard InChI is InChI=1S/C19H21N3O2S/c1-12-8-13(2)18(14(3)9-12)25(23,24)22-10-15(11-22)19-20-16-6-4-5-7-17(16)21-19/h4-9,15H,10-11H2,1-3H3,(H,20,21). The van der Waals surface area contributed by atoms with Gasteiger partial charge in [0.1, 0.15) is 5.82 Å². The first kappa shape index (κ1) is 16.3. The van der Waals surface area contributed by atoms with Crippen molar-refractivity contribution >= 4 is 21.1 Å². The van der Waals surface area contributed by atoms with Crippen molar-refractivity contribution in [2.24, 2.45) is 0 Å². The van der Waals surface area contributed by atoms with Crippen molar-refractivity contribution in [3.05, 3.63) is 58.9 Å². The number of benzene rings is 2. The Morgan fingerprint density at radius 3 is 2.36 bits per heavy atom. The van der Waals surface area contributed by atoms with E-state index in [2.05, 4.69) is 9.97 Å². The maximum Gasteiger partial charge on any atom is 0.243 e. The number of hydrogen-bond donors (Lipinski definition) is 1. The van der Waals surface area contributed by atoms with Crippen LogP contribution in [0.1, 0.15) is 28.4 Å². The molecule has 5 nitrogen and oxygen atoms in total. The van der Waals surface area contributed by atoms with E-state index < -0.39 is 10.0 Å². The smallest absolute Gasteiger partial charge is 0.243 e. The normalized spacial score (nSPS) is 16.3. The number of H-pyrrole nitrogens is 1. The highest BCUT2D eigenvalue weighted by atomic mass is 32.2. The molecular weight excluding hydrogens is 334 g/mol. The van der Waals surface area contributed by atoms with Crippen molar-refractivity contribution in [2.75, 3.05) is 13.1 Å². The summed E-state index contributed by atoms with van der Waals surface area (Å²) in [4.78, 5) is 8.35. The third-order valence-electron chi connectivity index (χ3n) is 4.84. The zero-order valence-corrected chi connectivity index (χ0v) is 15.4. The van der Waals surface area contributed by atoms with Gasteiger partial charge in [-0.05, 0) is 44.0 Å². The number of aryl methyl sites for hydroxylation is 3. The lowest BCUT2D eigenvalue weighted by Gasteiger charge is -2.37. The largest absolute Gasteiger partial charge is 0.342 e. The highest BCUT2D eigenvalue weighted by molar-refractivity contribution is 7.89. The van der Waals surface area contributed by atoms with Gasteiger partial charge in [0.25, 0.3) is 0 Å². The third-order valence-corrected chi connectivity index (χ3v) is 6.98. The molecular formula is C19H21N3O2S. The molecule has 0 aliphatic carbocycles. The number of nitrogens with one attached hydrogen (secondary N) is 1. The van der Waals surface area contributed by atoms with E-state index in [0.29, 0.717) is 18.0 Å². The maximum atomic E-state index is 13.0. The Kier molecular flexibility index (Phi) is 3.70. The molecule has 0 bridgehead atoms. The molecule has 1 fully saturated rings. The summed E-state index contributed by atoms with van der Waals surface area (Å²) in [6, 6.07) is 11.7. The lowest BCUT2D eigenvalue weighted by molar-refractivity contribution is 0.257. The lowest BCUT2D eigenvalue weighted by Crippen LogP contribution is -2.49. The molecule has 2 aromatic carbocycles. The monoisotopic (exact) mass is 355 g/mol. The number of aromatic amines is 1. The summed E-state index contributed by atoms with van der Waals surface area (Å²) in [7, 11) is -3.46. The predicted octanol–water partition coefficient (Wildman–Crippen LogP) is 3.28. The SMILES string of the molecule is Cc1cc(C)c(S(=O)(=O)N2CC(c3nc4ccccc4[nH]3)C2)c(C)c1. The Morgan fingerprint density at radius 1 is 1.08 bits per heavy atom. The van der Waals surface area contributed by atoms with Crippen molar-refractivity contribution in [2.45, 2.75) is 31.6 Å². The van der Waals surface area contributed by atoms with Crippen LogP contribution in [0.25, 0.3) is 11.0 Å². The van der Waals surface area contributed by atoms with E-state index in [1.165, 1.54) is 0 Å². The van der Waals surface area contributed by atoms with Crippen LogP contribution in [0.3, 0.4) is 0 Å². The molecule has 0 unspecified atom stereocenters. The summed E-state index contributed by atoms with van der Waals surface area (Å²) in [5.41, 5.74) is 4.61. The molecule has 1 aliphatic heterocycles. The summed E-state index contributed by atoms with van der Waals surface area (Å²) < 4.78 is 27.6. The summed E-state index contributed by atoms with van der Waals surface area (Å²) in [6.45, 7) is 6.65. The second-order valence-electron chi connectivity index (χ2n) is 6.89. The van der Waals surface area contributed by atoms with Crippen molar-refractivity contribution in [1.82, 2.24) is 14.3 Å². The van der Waals surface area contributed by atoms with Crippen LogP contribution in [0, 0.1) is 20.8 Å². The average Bonchev–Trinajstić information content (AvgIpc) is 2.86. The Bertz CT molecular complexity index is 1010. The van der Waals surface area contributed by atoms with Gasteiger partial charge in [0, 0.05) is 19.0 Å². The quantitative estimate of drug-likeness (QED) is 0.784. The molecule has 0 saturated carbocycles. The maximum absolute atomic E-state index is 13.0. The molecule has 0 atom stereocenters. The summed E-state index contributed by atoms with van der Waals surface area (Å²) in [5, 5.41) is 0. The fourth-order valence-electron chi connectivity index (χ4n) is 3.68. The lowest BCUT2D eigenvalue weighted by atomic mass is 10.0. The van der Waals surface area contributed by atoms with E-state index >= 15 is 0 Å².